The van der Waals surface area contributed by atoms with Crippen LogP contribution in [0.15, 0.2) is 48.6 Å². The first-order chi connectivity index (χ1) is 10.8. The van der Waals surface area contributed by atoms with E-state index >= 15 is 0 Å². The molecule has 0 N–H and O–H groups in total. The van der Waals surface area contributed by atoms with Crippen LogP contribution >= 0.6 is 0 Å². The highest BCUT2D eigenvalue weighted by atomic mass is 14.2. The summed E-state index contributed by atoms with van der Waals surface area (Å²) in [5, 5.41) is 2.60. The van der Waals surface area contributed by atoms with Crippen LogP contribution < -0.4 is 0 Å². The Bertz CT molecular complexity index is 702. The maximum Gasteiger partial charge on any atom is -0.00991 e. The monoisotopic (exact) mass is 288 g/mol. The summed E-state index contributed by atoms with van der Waals surface area (Å²) in [6, 6.07) is 8.65. The Morgan fingerprint density at radius 2 is 0.818 bits per heavy atom. The molecule has 2 rings (SSSR count). The second-order valence-electron chi connectivity index (χ2n) is 5.20. The average Bonchev–Trinajstić information content (AvgIpc) is 2.54. The Morgan fingerprint density at radius 1 is 0.500 bits per heavy atom. The van der Waals surface area contributed by atoms with Crippen molar-refractivity contribution in [3.05, 3.63) is 70.8 Å². The summed E-state index contributed by atoms with van der Waals surface area (Å²) in [7, 11) is 0. The van der Waals surface area contributed by atoms with Gasteiger partial charge < -0.3 is 0 Å². The molecule has 0 unspecified atom stereocenters. The number of hydrogen-bond acceptors (Lipinski definition) is 0. The minimum Gasteiger partial charge on any atom is -0.0870 e. The normalized spacial score (nSPS) is 12.7. The van der Waals surface area contributed by atoms with Crippen molar-refractivity contribution in [3.8, 4) is 0 Å². The van der Waals surface area contributed by atoms with Crippen molar-refractivity contribution >= 4 is 35.1 Å². The zero-order valence-corrected chi connectivity index (χ0v) is 13.9. The predicted molar refractivity (Wildman–Crippen MR) is 103 cm³/mol. The van der Waals surface area contributed by atoms with Gasteiger partial charge in [-0.1, -0.05) is 72.9 Å². The lowest BCUT2D eigenvalue weighted by molar-refractivity contribution is 1.56. The van der Waals surface area contributed by atoms with Crippen molar-refractivity contribution in [2.75, 3.05) is 0 Å². The van der Waals surface area contributed by atoms with Crippen LogP contribution in [-0.2, 0) is 0 Å². The highest BCUT2D eigenvalue weighted by molar-refractivity contribution is 6.03. The van der Waals surface area contributed by atoms with E-state index in [1.165, 1.54) is 33.0 Å². The molecule has 0 fully saturated rings. The Morgan fingerprint density at radius 3 is 1.14 bits per heavy atom. The van der Waals surface area contributed by atoms with Crippen molar-refractivity contribution < 1.29 is 0 Å². The van der Waals surface area contributed by atoms with Crippen LogP contribution in [0.3, 0.4) is 0 Å². The molecule has 0 amide bonds. The first-order valence-corrected chi connectivity index (χ1v) is 7.87. The second kappa shape index (κ2) is 7.61. The van der Waals surface area contributed by atoms with Gasteiger partial charge in [-0.2, -0.15) is 0 Å². The van der Waals surface area contributed by atoms with Crippen molar-refractivity contribution in [1.82, 2.24) is 0 Å². The van der Waals surface area contributed by atoms with Gasteiger partial charge in [0.15, 0.2) is 0 Å². The minimum absolute atomic E-state index is 1.28. The van der Waals surface area contributed by atoms with E-state index in [0.717, 1.165) is 0 Å². The lowest BCUT2D eigenvalue weighted by Gasteiger charge is -2.16. The van der Waals surface area contributed by atoms with Crippen LogP contribution in [0.4, 0.5) is 0 Å². The number of fused-ring (bicyclic) bond motifs is 1. The molecule has 0 bridgehead atoms. The lowest BCUT2D eigenvalue weighted by atomic mass is 9.88. The number of benzene rings is 2. The molecule has 2 aromatic rings. The van der Waals surface area contributed by atoms with E-state index in [4.69, 9.17) is 0 Å². The fourth-order valence-corrected chi connectivity index (χ4v) is 2.92. The molecule has 0 heterocycles. The van der Waals surface area contributed by atoms with Crippen LogP contribution in [0.25, 0.3) is 35.1 Å². The fourth-order valence-electron chi connectivity index (χ4n) is 2.92. The molecule has 0 aliphatic rings. The van der Waals surface area contributed by atoms with E-state index < -0.39 is 0 Å². The third kappa shape index (κ3) is 2.96. The van der Waals surface area contributed by atoms with E-state index in [0.29, 0.717) is 0 Å². The summed E-state index contributed by atoms with van der Waals surface area (Å²) in [6.07, 6.45) is 17.3. The van der Waals surface area contributed by atoms with Crippen molar-refractivity contribution in [2.45, 2.75) is 27.7 Å². The molecular formula is C22H24. The van der Waals surface area contributed by atoms with Gasteiger partial charge in [-0.15, -0.1) is 0 Å². The first kappa shape index (κ1) is 16.0. The highest BCUT2D eigenvalue weighted by Crippen LogP contribution is 2.34. The number of allylic oxidation sites excluding steroid dienone is 4. The Labute approximate surface area is 134 Å². The molecule has 0 nitrogen and oxygen atoms in total. The summed E-state index contributed by atoms with van der Waals surface area (Å²) < 4.78 is 0. The molecule has 0 aliphatic heterocycles. The largest absolute Gasteiger partial charge is 0.0870 e. The molecule has 112 valence electrons. The third-order valence-electron chi connectivity index (χ3n) is 3.71. The van der Waals surface area contributed by atoms with Gasteiger partial charge in [0, 0.05) is 0 Å². The summed E-state index contributed by atoms with van der Waals surface area (Å²) in [5.74, 6) is 0. The average molecular weight is 288 g/mol. The topological polar surface area (TPSA) is 0 Å². The van der Waals surface area contributed by atoms with E-state index in [2.05, 4.69) is 101 Å². The van der Waals surface area contributed by atoms with Crippen LogP contribution in [0, 0.1) is 0 Å². The minimum atomic E-state index is 1.28. The molecule has 0 atom stereocenters. The van der Waals surface area contributed by atoms with Crippen LogP contribution in [0.2, 0.25) is 0 Å². The Hall–Kier alpha value is -2.34. The molecule has 0 radical (unpaired) electrons. The van der Waals surface area contributed by atoms with Gasteiger partial charge in [-0.05, 0) is 60.7 Å². The maximum atomic E-state index is 2.21. The molecule has 0 heteroatoms. The number of rotatable bonds is 4. The van der Waals surface area contributed by atoms with E-state index in [1.807, 2.05) is 0 Å². The molecule has 22 heavy (non-hydrogen) atoms. The Kier molecular flexibility index (Phi) is 5.55. The number of hydrogen-bond donors (Lipinski definition) is 0. The zero-order valence-electron chi connectivity index (χ0n) is 13.9. The standard InChI is InChI=1S/C22H24/c1-5-11-17-18(12-6-2)20(14-8-4)22-16-10-9-15-21(22)19(17)13-7-3/h5-16H,1-4H3/b11-5-,12-6-,13-7-,14-8-. The summed E-state index contributed by atoms with van der Waals surface area (Å²) >= 11 is 0. The smallest absolute Gasteiger partial charge is 0.00991 e. The Balaban J connectivity index is 3.08. The molecule has 0 saturated heterocycles. The van der Waals surface area contributed by atoms with Gasteiger partial charge in [0.25, 0.3) is 0 Å². The van der Waals surface area contributed by atoms with Crippen LogP contribution in [0.5, 0.6) is 0 Å². The van der Waals surface area contributed by atoms with E-state index in [1.54, 1.807) is 0 Å². The summed E-state index contributed by atoms with van der Waals surface area (Å²) in [5.41, 5.74) is 5.14. The fraction of sp³-hybridized carbons (Fsp3) is 0.182. The molecule has 0 aliphatic carbocycles. The molecule has 0 aromatic heterocycles. The lowest BCUT2D eigenvalue weighted by Crippen LogP contribution is -1.95. The highest BCUT2D eigenvalue weighted by Gasteiger charge is 2.12. The maximum absolute atomic E-state index is 2.21. The predicted octanol–water partition coefficient (Wildman–Crippen LogP) is 6.97. The van der Waals surface area contributed by atoms with Gasteiger partial charge >= 0.3 is 0 Å². The summed E-state index contributed by atoms with van der Waals surface area (Å²) in [4.78, 5) is 0. The quantitative estimate of drug-likeness (QED) is 0.569. The van der Waals surface area contributed by atoms with Crippen molar-refractivity contribution in [1.29, 1.82) is 0 Å². The first-order valence-electron chi connectivity index (χ1n) is 7.87. The van der Waals surface area contributed by atoms with Gasteiger partial charge in [0.05, 0.1) is 0 Å². The molecule has 2 aromatic carbocycles. The van der Waals surface area contributed by atoms with Crippen molar-refractivity contribution in [3.63, 3.8) is 0 Å². The molecule has 0 saturated carbocycles. The van der Waals surface area contributed by atoms with Gasteiger partial charge in [0.2, 0.25) is 0 Å². The molecule has 0 spiro atoms. The van der Waals surface area contributed by atoms with Gasteiger partial charge in [-0.3, -0.25) is 0 Å². The van der Waals surface area contributed by atoms with E-state index in [-0.39, 0.29) is 0 Å². The SMILES string of the molecule is C/C=C\c1c(/C=C\C)c(/C=C\C)c2ccccc2c1/C=C\C. The van der Waals surface area contributed by atoms with Crippen LogP contribution in [-0.4, -0.2) is 0 Å². The van der Waals surface area contributed by atoms with Gasteiger partial charge in [0.1, 0.15) is 0 Å². The third-order valence-corrected chi connectivity index (χ3v) is 3.71. The van der Waals surface area contributed by atoms with E-state index in [9.17, 15) is 0 Å². The van der Waals surface area contributed by atoms with Crippen molar-refractivity contribution in [2.24, 2.45) is 0 Å². The summed E-state index contributed by atoms with van der Waals surface area (Å²) in [6.45, 7) is 8.29. The van der Waals surface area contributed by atoms with Gasteiger partial charge in [-0.25, -0.2) is 0 Å². The second-order valence-corrected chi connectivity index (χ2v) is 5.20. The van der Waals surface area contributed by atoms with Crippen LogP contribution in [0.1, 0.15) is 49.9 Å². The molecular weight excluding hydrogens is 264 g/mol. The zero-order chi connectivity index (χ0) is 15.9.